The van der Waals surface area contributed by atoms with Gasteiger partial charge in [-0.15, -0.1) is 0 Å². The number of rotatable bonds is 0. The predicted octanol–water partition coefficient (Wildman–Crippen LogP) is 3.34. The van der Waals surface area contributed by atoms with Crippen molar-refractivity contribution in [2.45, 2.75) is 0 Å². The Bertz CT molecular complexity index is 169. The van der Waals surface area contributed by atoms with Gasteiger partial charge in [0.25, 0.3) is 0 Å². The fraction of sp³-hybridized carbons (Fsp3) is 0. The SMILES string of the molecule is C1=C\C=C/C=C/C=C\C=C\C=C/1. The summed E-state index contributed by atoms with van der Waals surface area (Å²) in [6.07, 6.45) is 24.0. The molecule has 1 rings (SSSR count). The molecule has 0 radical (unpaired) electrons. The van der Waals surface area contributed by atoms with E-state index in [-0.39, 0.29) is 0 Å². The summed E-state index contributed by atoms with van der Waals surface area (Å²) in [7, 11) is 0. The van der Waals surface area contributed by atoms with Gasteiger partial charge in [-0.3, -0.25) is 0 Å². The highest BCUT2D eigenvalue weighted by Gasteiger charge is 1.65. The lowest BCUT2D eigenvalue weighted by molar-refractivity contribution is 1.81. The third-order valence-electron chi connectivity index (χ3n) is 1.33. The van der Waals surface area contributed by atoms with E-state index in [1.807, 2.05) is 72.9 Å². The van der Waals surface area contributed by atoms with Crippen molar-refractivity contribution in [3.8, 4) is 0 Å². The largest absolute Gasteiger partial charge is 0.0623 e. The zero-order valence-corrected chi connectivity index (χ0v) is 6.93. The van der Waals surface area contributed by atoms with Gasteiger partial charge in [0, 0.05) is 0 Å². The molecule has 0 heterocycles. The smallest absolute Gasteiger partial charge is 0.0623 e. The molecule has 0 nitrogen and oxygen atoms in total. The second kappa shape index (κ2) is 6.17. The van der Waals surface area contributed by atoms with E-state index in [0.717, 1.165) is 0 Å². The second-order valence-electron chi connectivity index (χ2n) is 2.31. The molecule has 0 amide bonds. The first-order chi connectivity index (χ1) is 6.00. The van der Waals surface area contributed by atoms with Crippen LogP contribution in [0.5, 0.6) is 0 Å². The van der Waals surface area contributed by atoms with Crippen LogP contribution in [0, 0.1) is 0 Å². The molecule has 0 unspecified atom stereocenters. The Balaban J connectivity index is 2.67. The second-order valence-corrected chi connectivity index (χ2v) is 2.31. The maximum absolute atomic E-state index is 2.00. The summed E-state index contributed by atoms with van der Waals surface area (Å²) >= 11 is 0. The van der Waals surface area contributed by atoms with E-state index in [1.54, 1.807) is 0 Å². The molecular formula is C12H12. The molecule has 1 aliphatic rings. The summed E-state index contributed by atoms with van der Waals surface area (Å²) in [4.78, 5) is 0. The molecule has 0 aliphatic heterocycles. The molecular weight excluding hydrogens is 144 g/mol. The molecule has 0 saturated heterocycles. The number of allylic oxidation sites excluding steroid dienone is 12. The third kappa shape index (κ3) is 4.29. The molecule has 1 aliphatic carbocycles. The topological polar surface area (TPSA) is 0 Å². The summed E-state index contributed by atoms with van der Waals surface area (Å²) in [5, 5.41) is 0. The first-order valence-electron chi connectivity index (χ1n) is 4.00. The predicted molar refractivity (Wildman–Crippen MR) is 54.8 cm³/mol. The molecule has 0 atom stereocenters. The van der Waals surface area contributed by atoms with Crippen molar-refractivity contribution in [2.75, 3.05) is 0 Å². The van der Waals surface area contributed by atoms with Crippen LogP contribution >= 0.6 is 0 Å². The van der Waals surface area contributed by atoms with E-state index in [4.69, 9.17) is 0 Å². The number of hydrogen-bond acceptors (Lipinski definition) is 0. The van der Waals surface area contributed by atoms with E-state index >= 15 is 0 Å². The van der Waals surface area contributed by atoms with E-state index in [1.165, 1.54) is 0 Å². The fourth-order valence-corrected chi connectivity index (χ4v) is 0.770. The van der Waals surface area contributed by atoms with Gasteiger partial charge in [-0.25, -0.2) is 0 Å². The Morgan fingerprint density at radius 1 is 0.167 bits per heavy atom. The van der Waals surface area contributed by atoms with Gasteiger partial charge in [-0.05, 0) is 0 Å². The Morgan fingerprint density at radius 3 is 0.333 bits per heavy atom. The summed E-state index contributed by atoms with van der Waals surface area (Å²) in [5.74, 6) is 0. The highest BCUT2D eigenvalue weighted by Crippen LogP contribution is 1.87. The molecule has 0 bridgehead atoms. The van der Waals surface area contributed by atoms with Gasteiger partial charge < -0.3 is 0 Å². The maximum Gasteiger partial charge on any atom is -0.0623 e. The van der Waals surface area contributed by atoms with Crippen LogP contribution in [0.25, 0.3) is 0 Å². The van der Waals surface area contributed by atoms with Gasteiger partial charge in [0.2, 0.25) is 0 Å². The van der Waals surface area contributed by atoms with Crippen LogP contribution in [0.4, 0.5) is 0 Å². The molecule has 0 aromatic rings. The van der Waals surface area contributed by atoms with E-state index in [2.05, 4.69) is 0 Å². The minimum absolute atomic E-state index is 2.00. The first-order valence-corrected chi connectivity index (χ1v) is 4.00. The van der Waals surface area contributed by atoms with Crippen molar-refractivity contribution < 1.29 is 0 Å². The van der Waals surface area contributed by atoms with Gasteiger partial charge in [-0.2, -0.15) is 0 Å². The maximum atomic E-state index is 2.00. The quantitative estimate of drug-likeness (QED) is 0.504. The standard InChI is InChI=1S/C12H12/c1-2-4-6-8-10-12-11-9-7-5-3-1/h1-12H/b2-1-,3-1?,4-2?,5-3-,6-4-,7-5?,8-6?,9-7+,10-8+,11-9?,12-10?,12-11-. The highest BCUT2D eigenvalue weighted by atomic mass is 13.7. The minimum Gasteiger partial charge on any atom is -0.0623 e. The van der Waals surface area contributed by atoms with Crippen molar-refractivity contribution in [1.82, 2.24) is 0 Å². The van der Waals surface area contributed by atoms with Gasteiger partial charge in [-0.1, -0.05) is 72.9 Å². The Kier molecular flexibility index (Phi) is 4.39. The molecule has 0 N–H and O–H groups in total. The molecule has 0 heteroatoms. The lowest BCUT2D eigenvalue weighted by atomic mass is 10.3. The summed E-state index contributed by atoms with van der Waals surface area (Å²) < 4.78 is 0. The van der Waals surface area contributed by atoms with Crippen LogP contribution < -0.4 is 0 Å². The lowest BCUT2D eigenvalue weighted by Gasteiger charge is -1.77. The molecule has 0 aromatic carbocycles. The van der Waals surface area contributed by atoms with Crippen LogP contribution in [-0.2, 0) is 0 Å². The lowest BCUT2D eigenvalue weighted by Crippen LogP contribution is -1.55. The summed E-state index contributed by atoms with van der Waals surface area (Å²) in [6, 6.07) is 0. The molecule has 0 aromatic heterocycles. The van der Waals surface area contributed by atoms with Gasteiger partial charge in [0.15, 0.2) is 0 Å². The average Bonchev–Trinajstić information content (AvgIpc) is 2.05. The zero-order chi connectivity index (χ0) is 8.49. The van der Waals surface area contributed by atoms with Crippen molar-refractivity contribution in [3.63, 3.8) is 0 Å². The van der Waals surface area contributed by atoms with Crippen LogP contribution in [0.15, 0.2) is 72.9 Å². The van der Waals surface area contributed by atoms with E-state index in [9.17, 15) is 0 Å². The van der Waals surface area contributed by atoms with Crippen LogP contribution in [-0.4, -0.2) is 0 Å². The van der Waals surface area contributed by atoms with Crippen molar-refractivity contribution in [1.29, 1.82) is 0 Å². The van der Waals surface area contributed by atoms with E-state index in [0.29, 0.717) is 0 Å². The van der Waals surface area contributed by atoms with Crippen LogP contribution in [0.2, 0.25) is 0 Å². The van der Waals surface area contributed by atoms with Crippen LogP contribution in [0.1, 0.15) is 0 Å². The van der Waals surface area contributed by atoms with E-state index < -0.39 is 0 Å². The van der Waals surface area contributed by atoms with Crippen LogP contribution in [0.3, 0.4) is 0 Å². The highest BCUT2D eigenvalue weighted by molar-refractivity contribution is 5.23. The third-order valence-corrected chi connectivity index (χ3v) is 1.33. The Hall–Kier alpha value is -1.56. The normalized spacial score (nSPS) is 32.0. The summed E-state index contributed by atoms with van der Waals surface area (Å²) in [5.41, 5.74) is 0. The Labute approximate surface area is 73.6 Å². The van der Waals surface area contributed by atoms with Crippen molar-refractivity contribution in [3.05, 3.63) is 72.9 Å². The van der Waals surface area contributed by atoms with Gasteiger partial charge in [0.05, 0.1) is 0 Å². The summed E-state index contributed by atoms with van der Waals surface area (Å²) in [6.45, 7) is 0. The average molecular weight is 156 g/mol. The van der Waals surface area contributed by atoms with Crippen molar-refractivity contribution >= 4 is 0 Å². The molecule has 12 heavy (non-hydrogen) atoms. The van der Waals surface area contributed by atoms with Gasteiger partial charge >= 0.3 is 0 Å². The first kappa shape index (κ1) is 8.54. The van der Waals surface area contributed by atoms with Gasteiger partial charge in [0.1, 0.15) is 0 Å². The molecule has 0 fully saturated rings. The fourth-order valence-electron chi connectivity index (χ4n) is 0.770. The zero-order valence-electron chi connectivity index (χ0n) is 6.93. The Morgan fingerprint density at radius 2 is 0.250 bits per heavy atom. The monoisotopic (exact) mass is 156 g/mol. The minimum atomic E-state index is 2.00. The molecule has 0 spiro atoms. The van der Waals surface area contributed by atoms with Crippen molar-refractivity contribution in [2.24, 2.45) is 0 Å². The molecule has 60 valence electrons. The molecule has 0 saturated carbocycles. The number of hydrogen-bond donors (Lipinski definition) is 0.